The fourth-order valence-electron chi connectivity index (χ4n) is 2.05. The number of anilines is 2. The topological polar surface area (TPSA) is 92.6 Å². The SMILES string of the molecule is COCCNCC(=O)Nc1ccc(NC(=O)c2ccco2)c(C)c1. The summed E-state index contributed by atoms with van der Waals surface area (Å²) >= 11 is 0. The van der Waals surface area contributed by atoms with Gasteiger partial charge >= 0.3 is 0 Å². The molecule has 128 valence electrons. The first-order valence-corrected chi connectivity index (χ1v) is 7.55. The van der Waals surface area contributed by atoms with E-state index in [0.29, 0.717) is 24.5 Å². The first-order valence-electron chi connectivity index (χ1n) is 7.55. The number of rotatable bonds is 8. The fourth-order valence-corrected chi connectivity index (χ4v) is 2.05. The van der Waals surface area contributed by atoms with Crippen LogP contribution < -0.4 is 16.0 Å². The average molecular weight is 331 g/mol. The molecule has 1 heterocycles. The second kappa shape index (κ2) is 8.85. The van der Waals surface area contributed by atoms with Crippen molar-refractivity contribution in [2.24, 2.45) is 0 Å². The predicted molar refractivity (Wildman–Crippen MR) is 91.2 cm³/mol. The maximum atomic E-state index is 12.0. The Kier molecular flexibility index (Phi) is 6.53. The zero-order chi connectivity index (χ0) is 17.4. The molecule has 0 aliphatic heterocycles. The molecule has 7 heteroatoms. The Morgan fingerprint density at radius 3 is 2.71 bits per heavy atom. The first kappa shape index (κ1) is 17.7. The summed E-state index contributed by atoms with van der Waals surface area (Å²) in [5.74, 6) is -0.214. The highest BCUT2D eigenvalue weighted by molar-refractivity contribution is 6.03. The summed E-state index contributed by atoms with van der Waals surface area (Å²) in [4.78, 5) is 23.8. The smallest absolute Gasteiger partial charge is 0.291 e. The van der Waals surface area contributed by atoms with Crippen LogP contribution >= 0.6 is 0 Å². The number of aryl methyl sites for hydroxylation is 1. The van der Waals surface area contributed by atoms with Crippen LogP contribution in [0, 0.1) is 6.92 Å². The molecule has 0 aliphatic rings. The molecule has 2 amide bonds. The van der Waals surface area contributed by atoms with E-state index < -0.39 is 0 Å². The Balaban J connectivity index is 1.89. The van der Waals surface area contributed by atoms with Crippen LogP contribution in [0.5, 0.6) is 0 Å². The molecule has 0 aliphatic carbocycles. The molecule has 0 saturated carbocycles. The number of methoxy groups -OCH3 is 1. The van der Waals surface area contributed by atoms with E-state index in [0.717, 1.165) is 5.56 Å². The maximum Gasteiger partial charge on any atom is 0.291 e. The van der Waals surface area contributed by atoms with Gasteiger partial charge in [0.2, 0.25) is 5.91 Å². The molecule has 0 atom stereocenters. The molecule has 2 rings (SSSR count). The molecule has 7 nitrogen and oxygen atoms in total. The number of carbonyl (C=O) groups is 2. The van der Waals surface area contributed by atoms with Crippen LogP contribution in [0.15, 0.2) is 41.0 Å². The van der Waals surface area contributed by atoms with Crippen LogP contribution in [-0.2, 0) is 9.53 Å². The summed E-state index contributed by atoms with van der Waals surface area (Å²) in [6.07, 6.45) is 1.45. The van der Waals surface area contributed by atoms with E-state index in [1.54, 1.807) is 37.4 Å². The average Bonchev–Trinajstić information content (AvgIpc) is 3.09. The molecule has 1 aromatic heterocycles. The second-order valence-electron chi connectivity index (χ2n) is 5.18. The molecule has 2 aromatic rings. The lowest BCUT2D eigenvalue weighted by atomic mass is 10.1. The molecule has 0 bridgehead atoms. The van der Waals surface area contributed by atoms with Crippen LogP contribution in [0.3, 0.4) is 0 Å². The van der Waals surface area contributed by atoms with Gasteiger partial charge in [0.05, 0.1) is 19.4 Å². The minimum absolute atomic E-state index is 0.141. The lowest BCUT2D eigenvalue weighted by Crippen LogP contribution is -2.30. The zero-order valence-corrected chi connectivity index (χ0v) is 13.7. The number of hydrogen-bond donors (Lipinski definition) is 3. The van der Waals surface area contributed by atoms with Crippen molar-refractivity contribution < 1.29 is 18.7 Å². The van der Waals surface area contributed by atoms with Gasteiger partial charge in [-0.05, 0) is 42.8 Å². The number of amides is 2. The Hall–Kier alpha value is -2.64. The van der Waals surface area contributed by atoms with E-state index in [2.05, 4.69) is 16.0 Å². The van der Waals surface area contributed by atoms with E-state index in [1.165, 1.54) is 6.26 Å². The standard InChI is InChI=1S/C17H21N3O4/c1-12-10-13(19-16(21)11-18-7-9-23-2)5-6-14(12)20-17(22)15-4-3-8-24-15/h3-6,8,10,18H,7,9,11H2,1-2H3,(H,19,21)(H,20,22). The molecule has 3 N–H and O–H groups in total. The highest BCUT2D eigenvalue weighted by Gasteiger charge is 2.11. The minimum Gasteiger partial charge on any atom is -0.459 e. The maximum absolute atomic E-state index is 12.0. The number of furan rings is 1. The Labute approximate surface area is 140 Å². The van der Waals surface area contributed by atoms with E-state index in [1.807, 2.05) is 6.92 Å². The van der Waals surface area contributed by atoms with Crippen molar-refractivity contribution >= 4 is 23.2 Å². The van der Waals surface area contributed by atoms with Crippen molar-refractivity contribution in [1.82, 2.24) is 5.32 Å². The van der Waals surface area contributed by atoms with Crippen molar-refractivity contribution in [2.45, 2.75) is 6.92 Å². The second-order valence-corrected chi connectivity index (χ2v) is 5.18. The Morgan fingerprint density at radius 1 is 1.21 bits per heavy atom. The molecule has 0 spiro atoms. The zero-order valence-electron chi connectivity index (χ0n) is 13.7. The molecule has 24 heavy (non-hydrogen) atoms. The van der Waals surface area contributed by atoms with E-state index in [9.17, 15) is 9.59 Å². The van der Waals surface area contributed by atoms with Crippen molar-refractivity contribution in [2.75, 3.05) is 37.4 Å². The summed E-state index contributed by atoms with van der Waals surface area (Å²) in [7, 11) is 1.61. The third-order valence-electron chi connectivity index (χ3n) is 3.27. The summed E-state index contributed by atoms with van der Waals surface area (Å²) in [5, 5.41) is 8.53. The molecule has 0 unspecified atom stereocenters. The van der Waals surface area contributed by atoms with Crippen LogP contribution in [0.2, 0.25) is 0 Å². The van der Waals surface area contributed by atoms with Crippen LogP contribution in [0.4, 0.5) is 11.4 Å². The van der Waals surface area contributed by atoms with E-state index in [-0.39, 0.29) is 24.1 Å². The van der Waals surface area contributed by atoms with Gasteiger partial charge in [-0.1, -0.05) is 0 Å². The number of benzene rings is 1. The quantitative estimate of drug-likeness (QED) is 0.644. The molecular weight excluding hydrogens is 310 g/mol. The largest absolute Gasteiger partial charge is 0.459 e. The van der Waals surface area contributed by atoms with Gasteiger partial charge in [-0.2, -0.15) is 0 Å². The van der Waals surface area contributed by atoms with E-state index in [4.69, 9.17) is 9.15 Å². The summed E-state index contributed by atoms with van der Waals surface area (Å²) in [5.41, 5.74) is 2.16. The van der Waals surface area contributed by atoms with Crippen LogP contribution in [-0.4, -0.2) is 38.6 Å². The van der Waals surface area contributed by atoms with Crippen molar-refractivity contribution in [1.29, 1.82) is 0 Å². The minimum atomic E-state index is -0.317. The molecular formula is C17H21N3O4. The van der Waals surface area contributed by atoms with Gasteiger partial charge in [-0.3, -0.25) is 9.59 Å². The lowest BCUT2D eigenvalue weighted by Gasteiger charge is -2.11. The van der Waals surface area contributed by atoms with Gasteiger partial charge in [-0.25, -0.2) is 0 Å². The van der Waals surface area contributed by atoms with Gasteiger partial charge in [-0.15, -0.1) is 0 Å². The molecule has 0 fully saturated rings. The first-order chi connectivity index (χ1) is 11.6. The summed E-state index contributed by atoms with van der Waals surface area (Å²) in [6, 6.07) is 8.52. The van der Waals surface area contributed by atoms with Crippen molar-refractivity contribution in [3.8, 4) is 0 Å². The highest BCUT2D eigenvalue weighted by Crippen LogP contribution is 2.20. The molecule has 0 saturated heterocycles. The Morgan fingerprint density at radius 2 is 2.04 bits per heavy atom. The van der Waals surface area contributed by atoms with Gasteiger partial charge < -0.3 is 25.1 Å². The monoisotopic (exact) mass is 331 g/mol. The number of hydrogen-bond acceptors (Lipinski definition) is 5. The third kappa shape index (κ3) is 5.22. The van der Waals surface area contributed by atoms with Gasteiger partial charge in [0.25, 0.3) is 5.91 Å². The van der Waals surface area contributed by atoms with Crippen molar-refractivity contribution in [3.05, 3.63) is 47.9 Å². The number of carbonyl (C=O) groups excluding carboxylic acids is 2. The fraction of sp³-hybridized carbons (Fsp3) is 0.294. The lowest BCUT2D eigenvalue weighted by molar-refractivity contribution is -0.115. The third-order valence-corrected chi connectivity index (χ3v) is 3.27. The normalized spacial score (nSPS) is 10.4. The summed E-state index contributed by atoms with van der Waals surface area (Å²) in [6.45, 7) is 3.22. The Bertz CT molecular complexity index is 683. The number of nitrogens with one attached hydrogen (secondary N) is 3. The van der Waals surface area contributed by atoms with E-state index >= 15 is 0 Å². The summed E-state index contributed by atoms with van der Waals surface area (Å²) < 4.78 is 9.95. The van der Waals surface area contributed by atoms with Crippen LogP contribution in [0.1, 0.15) is 16.1 Å². The van der Waals surface area contributed by atoms with Gasteiger partial charge in [0, 0.05) is 25.0 Å². The molecule has 1 aromatic carbocycles. The number of ether oxygens (including phenoxy) is 1. The van der Waals surface area contributed by atoms with Crippen LogP contribution in [0.25, 0.3) is 0 Å². The highest BCUT2D eigenvalue weighted by atomic mass is 16.5. The van der Waals surface area contributed by atoms with Crippen molar-refractivity contribution in [3.63, 3.8) is 0 Å². The predicted octanol–water partition coefficient (Wildman–Crippen LogP) is 2.01. The van der Waals surface area contributed by atoms with Gasteiger partial charge in [0.15, 0.2) is 5.76 Å². The van der Waals surface area contributed by atoms with Gasteiger partial charge in [0.1, 0.15) is 0 Å². The molecule has 0 radical (unpaired) electrons.